The molecule has 0 fully saturated rings. The molecule has 0 unspecified atom stereocenters. The summed E-state index contributed by atoms with van der Waals surface area (Å²) in [7, 11) is 1.55. The van der Waals surface area contributed by atoms with Gasteiger partial charge in [0.05, 0.1) is 5.69 Å². The zero-order valence-electron chi connectivity index (χ0n) is 10.7. The van der Waals surface area contributed by atoms with E-state index >= 15 is 0 Å². The Kier molecular flexibility index (Phi) is 3.61. The largest absolute Gasteiger partial charge is 0.341 e. The quantitative estimate of drug-likeness (QED) is 0.762. The molecular weight excluding hydrogens is 244 g/mol. The zero-order valence-corrected chi connectivity index (χ0v) is 10.7. The Bertz CT molecular complexity index is 646. The number of carbonyl (C=O) groups is 1. The highest BCUT2D eigenvalue weighted by Crippen LogP contribution is 2.21. The Hall–Kier alpha value is -2.63. The van der Waals surface area contributed by atoms with Crippen LogP contribution in [-0.2, 0) is 0 Å². The molecule has 0 aliphatic rings. The normalized spacial score (nSPS) is 10.0. The molecule has 6 nitrogen and oxygen atoms in total. The number of rotatable bonds is 2. The highest BCUT2D eigenvalue weighted by Gasteiger charge is 2.05. The molecule has 3 N–H and O–H groups in total. The van der Waals surface area contributed by atoms with E-state index in [1.807, 2.05) is 19.1 Å². The van der Waals surface area contributed by atoms with Gasteiger partial charge >= 0.3 is 6.03 Å². The maximum atomic E-state index is 11.2. The summed E-state index contributed by atoms with van der Waals surface area (Å²) in [6, 6.07) is 8.44. The van der Waals surface area contributed by atoms with Gasteiger partial charge in [-0.1, -0.05) is 12.1 Å². The van der Waals surface area contributed by atoms with Gasteiger partial charge in [0.15, 0.2) is 0 Å². The van der Waals surface area contributed by atoms with Crippen molar-refractivity contribution in [3.05, 3.63) is 46.2 Å². The SMILES string of the molecule is CNC(=O)Nc1ccc(-c2n[nH]c(=O)cc2C)cc1. The summed E-state index contributed by atoms with van der Waals surface area (Å²) in [6.07, 6.45) is 0. The topological polar surface area (TPSA) is 86.9 Å². The monoisotopic (exact) mass is 258 g/mol. The van der Waals surface area contributed by atoms with Crippen molar-refractivity contribution in [2.75, 3.05) is 12.4 Å². The van der Waals surface area contributed by atoms with Crippen LogP contribution in [0.2, 0.25) is 0 Å². The summed E-state index contributed by atoms with van der Waals surface area (Å²) in [6.45, 7) is 1.83. The number of H-pyrrole nitrogens is 1. The first-order valence-electron chi connectivity index (χ1n) is 5.75. The molecular formula is C13H14N4O2. The second-order valence-electron chi connectivity index (χ2n) is 4.05. The number of hydrogen-bond donors (Lipinski definition) is 3. The number of benzene rings is 1. The van der Waals surface area contributed by atoms with E-state index in [1.165, 1.54) is 6.07 Å². The van der Waals surface area contributed by atoms with Gasteiger partial charge in [0.1, 0.15) is 0 Å². The average Bonchev–Trinajstić information content (AvgIpc) is 2.40. The highest BCUT2D eigenvalue weighted by molar-refractivity contribution is 5.89. The number of nitrogens with one attached hydrogen (secondary N) is 3. The Morgan fingerprint density at radius 1 is 1.26 bits per heavy atom. The molecule has 0 aliphatic carbocycles. The van der Waals surface area contributed by atoms with Crippen LogP contribution in [-0.4, -0.2) is 23.3 Å². The molecule has 1 aromatic heterocycles. The summed E-state index contributed by atoms with van der Waals surface area (Å²) in [5, 5.41) is 11.6. The van der Waals surface area contributed by atoms with Crippen LogP contribution in [0.3, 0.4) is 0 Å². The van der Waals surface area contributed by atoms with Gasteiger partial charge in [-0.25, -0.2) is 9.89 Å². The molecule has 98 valence electrons. The fourth-order valence-corrected chi connectivity index (χ4v) is 1.69. The van der Waals surface area contributed by atoms with Crippen molar-refractivity contribution >= 4 is 11.7 Å². The lowest BCUT2D eigenvalue weighted by molar-refractivity contribution is 0.254. The van der Waals surface area contributed by atoms with Crippen molar-refractivity contribution in [2.24, 2.45) is 0 Å². The number of hydrogen-bond acceptors (Lipinski definition) is 3. The fourth-order valence-electron chi connectivity index (χ4n) is 1.69. The molecule has 0 saturated heterocycles. The van der Waals surface area contributed by atoms with Crippen molar-refractivity contribution in [1.29, 1.82) is 0 Å². The number of anilines is 1. The second kappa shape index (κ2) is 5.34. The van der Waals surface area contributed by atoms with Crippen molar-refractivity contribution in [2.45, 2.75) is 6.92 Å². The van der Waals surface area contributed by atoms with Gasteiger partial charge in [0.25, 0.3) is 5.56 Å². The van der Waals surface area contributed by atoms with Crippen molar-refractivity contribution in [3.63, 3.8) is 0 Å². The van der Waals surface area contributed by atoms with Crippen LogP contribution in [0.15, 0.2) is 35.1 Å². The second-order valence-corrected chi connectivity index (χ2v) is 4.05. The first-order valence-corrected chi connectivity index (χ1v) is 5.75. The summed E-state index contributed by atoms with van der Waals surface area (Å²) in [5.41, 5.74) is 2.85. The third kappa shape index (κ3) is 2.98. The van der Waals surface area contributed by atoms with E-state index in [0.717, 1.165) is 11.1 Å². The number of nitrogens with zero attached hydrogens (tertiary/aromatic N) is 1. The number of amides is 2. The van der Waals surface area contributed by atoms with Gasteiger partial charge in [-0.2, -0.15) is 5.10 Å². The standard InChI is InChI=1S/C13H14N4O2/c1-8-7-11(18)16-17-12(8)9-3-5-10(6-4-9)15-13(19)14-2/h3-7H,1-2H3,(H,16,18)(H2,14,15,19). The van der Waals surface area contributed by atoms with E-state index in [0.29, 0.717) is 11.4 Å². The van der Waals surface area contributed by atoms with Crippen LogP contribution >= 0.6 is 0 Å². The molecule has 6 heteroatoms. The van der Waals surface area contributed by atoms with Gasteiger partial charge in [0.2, 0.25) is 0 Å². The summed E-state index contributed by atoms with van der Waals surface area (Å²) in [5.74, 6) is 0. The minimum atomic E-state index is -0.272. The van der Waals surface area contributed by atoms with Crippen LogP contribution in [0.1, 0.15) is 5.56 Å². The van der Waals surface area contributed by atoms with Crippen LogP contribution < -0.4 is 16.2 Å². The van der Waals surface area contributed by atoms with E-state index in [9.17, 15) is 9.59 Å². The van der Waals surface area contributed by atoms with Gasteiger partial charge < -0.3 is 10.6 Å². The smallest absolute Gasteiger partial charge is 0.318 e. The Morgan fingerprint density at radius 3 is 2.53 bits per heavy atom. The number of aryl methyl sites for hydroxylation is 1. The minimum Gasteiger partial charge on any atom is -0.341 e. The van der Waals surface area contributed by atoms with E-state index in [1.54, 1.807) is 19.2 Å². The first-order chi connectivity index (χ1) is 9.10. The fraction of sp³-hybridized carbons (Fsp3) is 0.154. The Balaban J connectivity index is 2.27. The molecule has 0 spiro atoms. The van der Waals surface area contributed by atoms with Crippen molar-refractivity contribution in [1.82, 2.24) is 15.5 Å². The van der Waals surface area contributed by atoms with Gasteiger partial charge in [-0.05, 0) is 24.6 Å². The summed E-state index contributed by atoms with van der Waals surface area (Å²) < 4.78 is 0. The molecule has 0 aliphatic heterocycles. The predicted molar refractivity (Wildman–Crippen MR) is 73.1 cm³/mol. The molecule has 2 rings (SSSR count). The Morgan fingerprint density at radius 2 is 1.95 bits per heavy atom. The molecule has 1 heterocycles. The van der Waals surface area contributed by atoms with Crippen LogP contribution in [0.5, 0.6) is 0 Å². The van der Waals surface area contributed by atoms with Crippen LogP contribution in [0.4, 0.5) is 10.5 Å². The van der Waals surface area contributed by atoms with Crippen molar-refractivity contribution in [3.8, 4) is 11.3 Å². The summed E-state index contributed by atoms with van der Waals surface area (Å²) in [4.78, 5) is 22.3. The van der Waals surface area contributed by atoms with E-state index in [-0.39, 0.29) is 11.6 Å². The third-order valence-corrected chi connectivity index (χ3v) is 2.64. The maximum absolute atomic E-state index is 11.2. The number of urea groups is 1. The zero-order chi connectivity index (χ0) is 13.8. The Labute approximate surface area is 109 Å². The van der Waals surface area contributed by atoms with Gasteiger partial charge in [-0.15, -0.1) is 0 Å². The number of aromatic amines is 1. The lowest BCUT2D eigenvalue weighted by Gasteiger charge is -2.06. The minimum absolute atomic E-state index is 0.223. The lowest BCUT2D eigenvalue weighted by Crippen LogP contribution is -2.24. The highest BCUT2D eigenvalue weighted by atomic mass is 16.2. The lowest BCUT2D eigenvalue weighted by atomic mass is 10.1. The van der Waals surface area contributed by atoms with Crippen molar-refractivity contribution < 1.29 is 4.79 Å². The molecule has 0 radical (unpaired) electrons. The van der Waals surface area contributed by atoms with Crippen LogP contribution in [0, 0.1) is 6.92 Å². The molecule has 1 aromatic carbocycles. The molecule has 2 amide bonds. The molecule has 2 aromatic rings. The molecule has 0 bridgehead atoms. The average molecular weight is 258 g/mol. The third-order valence-electron chi connectivity index (χ3n) is 2.64. The summed E-state index contributed by atoms with van der Waals surface area (Å²) >= 11 is 0. The van der Waals surface area contributed by atoms with E-state index < -0.39 is 0 Å². The van der Waals surface area contributed by atoms with Gasteiger partial charge in [-0.3, -0.25) is 4.79 Å². The van der Waals surface area contributed by atoms with Gasteiger partial charge in [0, 0.05) is 24.4 Å². The molecule has 19 heavy (non-hydrogen) atoms. The molecule has 0 atom stereocenters. The predicted octanol–water partition coefficient (Wildman–Crippen LogP) is 1.50. The van der Waals surface area contributed by atoms with Crippen LogP contribution in [0.25, 0.3) is 11.3 Å². The first kappa shape index (κ1) is 12.8. The molecule has 0 saturated carbocycles. The van der Waals surface area contributed by atoms with E-state index in [2.05, 4.69) is 20.8 Å². The maximum Gasteiger partial charge on any atom is 0.318 e. The number of carbonyl (C=O) groups excluding carboxylic acids is 1. The van der Waals surface area contributed by atoms with E-state index in [4.69, 9.17) is 0 Å². The number of aromatic nitrogens is 2.